The molecule has 4 rings (SSSR count). The summed E-state index contributed by atoms with van der Waals surface area (Å²) in [6.07, 6.45) is 0. The lowest BCUT2D eigenvalue weighted by molar-refractivity contribution is -0.00739. The molecule has 2 aromatic carbocycles. The summed E-state index contributed by atoms with van der Waals surface area (Å²) >= 11 is 5.93. The highest BCUT2D eigenvalue weighted by Gasteiger charge is 2.55. The molecule has 158 valence electrons. The fourth-order valence-corrected chi connectivity index (χ4v) is 4.53. The Balaban J connectivity index is 1.62. The van der Waals surface area contributed by atoms with Gasteiger partial charge in [-0.25, -0.2) is 9.59 Å². The van der Waals surface area contributed by atoms with Crippen molar-refractivity contribution in [1.29, 1.82) is 0 Å². The van der Waals surface area contributed by atoms with Gasteiger partial charge in [-0.15, -0.1) is 0 Å². The van der Waals surface area contributed by atoms with Crippen LogP contribution in [0.4, 0.5) is 21.0 Å². The van der Waals surface area contributed by atoms with E-state index in [9.17, 15) is 14.7 Å². The Morgan fingerprint density at radius 2 is 1.83 bits per heavy atom. The van der Waals surface area contributed by atoms with Crippen molar-refractivity contribution in [3.05, 3.63) is 59.1 Å². The number of urea groups is 2. The molecule has 3 atom stereocenters. The maximum absolute atomic E-state index is 13.1. The predicted octanol–water partition coefficient (Wildman–Crippen LogP) is 3.64. The van der Waals surface area contributed by atoms with Crippen LogP contribution in [0.1, 0.15) is 25.3 Å². The normalized spacial score (nSPS) is 22.1. The molecule has 4 amide bonds. The van der Waals surface area contributed by atoms with Crippen molar-refractivity contribution >= 4 is 35.0 Å². The van der Waals surface area contributed by atoms with E-state index in [1.807, 2.05) is 38.1 Å². The van der Waals surface area contributed by atoms with Crippen LogP contribution in [0.2, 0.25) is 5.02 Å². The molecule has 2 aromatic rings. The molecule has 3 N–H and O–H groups in total. The van der Waals surface area contributed by atoms with Crippen molar-refractivity contribution < 1.29 is 14.7 Å². The molecule has 2 aliphatic heterocycles. The maximum Gasteiger partial charge on any atom is 0.326 e. The standard InChI is InChI=1S/C22H25ClN4O3/c1-13(2)24-22(30)27-18-11-26(21(29)25-15-9-7-14(23)8-10-15)17-6-4-3-5-16(17)20(18)19(27)12-28/h3-10,13,18-20,28H,11-12H2,1-2H3,(H,24,30)(H,25,29)/t18-,19-,20+/m0/s1. The van der Waals surface area contributed by atoms with Crippen molar-refractivity contribution in [1.82, 2.24) is 10.2 Å². The zero-order chi connectivity index (χ0) is 21.4. The first kappa shape index (κ1) is 20.5. The van der Waals surface area contributed by atoms with Crippen molar-refractivity contribution in [2.24, 2.45) is 0 Å². The van der Waals surface area contributed by atoms with Crippen LogP contribution in [0.15, 0.2) is 48.5 Å². The number of para-hydroxylation sites is 1. The number of amides is 4. The van der Waals surface area contributed by atoms with Crippen molar-refractivity contribution in [3.63, 3.8) is 0 Å². The number of carbonyl (C=O) groups is 2. The van der Waals surface area contributed by atoms with Gasteiger partial charge in [-0.3, -0.25) is 4.90 Å². The van der Waals surface area contributed by atoms with E-state index in [-0.39, 0.29) is 42.7 Å². The minimum atomic E-state index is -0.309. The van der Waals surface area contributed by atoms with E-state index in [0.717, 1.165) is 11.3 Å². The van der Waals surface area contributed by atoms with Crippen molar-refractivity contribution in [3.8, 4) is 0 Å². The quantitative estimate of drug-likeness (QED) is 0.697. The van der Waals surface area contributed by atoms with Crippen LogP contribution >= 0.6 is 11.6 Å². The highest BCUT2D eigenvalue weighted by Crippen LogP contribution is 2.48. The van der Waals surface area contributed by atoms with Gasteiger partial charge in [-0.05, 0) is 49.7 Å². The molecule has 7 nitrogen and oxygen atoms in total. The van der Waals surface area contributed by atoms with Gasteiger partial charge >= 0.3 is 12.1 Å². The number of hydrogen-bond acceptors (Lipinski definition) is 3. The summed E-state index contributed by atoms with van der Waals surface area (Å²) in [5, 5.41) is 16.4. The van der Waals surface area contributed by atoms with E-state index < -0.39 is 0 Å². The highest BCUT2D eigenvalue weighted by molar-refractivity contribution is 6.30. The number of fused-ring (bicyclic) bond motifs is 3. The van der Waals surface area contributed by atoms with E-state index in [2.05, 4.69) is 10.6 Å². The van der Waals surface area contributed by atoms with E-state index in [4.69, 9.17) is 11.6 Å². The van der Waals surface area contributed by atoms with Crippen LogP contribution in [0.3, 0.4) is 0 Å². The third kappa shape index (κ3) is 3.59. The smallest absolute Gasteiger partial charge is 0.326 e. The van der Waals surface area contributed by atoms with E-state index in [1.54, 1.807) is 34.1 Å². The fourth-order valence-electron chi connectivity index (χ4n) is 4.40. The minimum Gasteiger partial charge on any atom is -0.394 e. The van der Waals surface area contributed by atoms with E-state index >= 15 is 0 Å². The molecule has 1 saturated heterocycles. The molecule has 0 radical (unpaired) electrons. The molecule has 0 aromatic heterocycles. The fraction of sp³-hybridized carbons (Fsp3) is 0.364. The van der Waals surface area contributed by atoms with Crippen LogP contribution < -0.4 is 15.5 Å². The summed E-state index contributed by atoms with van der Waals surface area (Å²) in [7, 11) is 0. The lowest BCUT2D eigenvalue weighted by Crippen LogP contribution is -2.72. The average molecular weight is 429 g/mol. The number of anilines is 2. The molecule has 0 saturated carbocycles. The Kier molecular flexibility index (Phi) is 5.58. The molecule has 1 fully saturated rings. The summed E-state index contributed by atoms with van der Waals surface area (Å²) < 4.78 is 0. The Bertz CT molecular complexity index is 950. The van der Waals surface area contributed by atoms with Gasteiger partial charge in [-0.2, -0.15) is 0 Å². The van der Waals surface area contributed by atoms with Gasteiger partial charge in [0.2, 0.25) is 0 Å². The summed E-state index contributed by atoms with van der Waals surface area (Å²) in [5.74, 6) is -0.0105. The number of hydrogen-bond donors (Lipinski definition) is 3. The van der Waals surface area contributed by atoms with Gasteiger partial charge in [0.1, 0.15) is 0 Å². The van der Waals surface area contributed by atoms with Crippen LogP contribution in [-0.4, -0.2) is 53.3 Å². The number of nitrogens with one attached hydrogen (secondary N) is 2. The van der Waals surface area contributed by atoms with Gasteiger partial charge in [-0.1, -0.05) is 29.8 Å². The predicted molar refractivity (Wildman–Crippen MR) is 117 cm³/mol. The van der Waals surface area contributed by atoms with Crippen LogP contribution in [-0.2, 0) is 0 Å². The van der Waals surface area contributed by atoms with Gasteiger partial charge < -0.3 is 20.6 Å². The molecule has 30 heavy (non-hydrogen) atoms. The molecule has 0 unspecified atom stereocenters. The van der Waals surface area contributed by atoms with Crippen LogP contribution in [0.25, 0.3) is 0 Å². The Morgan fingerprint density at radius 1 is 1.13 bits per heavy atom. The van der Waals surface area contributed by atoms with Gasteiger partial charge in [0.25, 0.3) is 0 Å². The Hall–Kier alpha value is -2.77. The topological polar surface area (TPSA) is 84.9 Å². The lowest BCUT2D eigenvalue weighted by atomic mass is 9.72. The molecule has 2 aliphatic rings. The third-order valence-electron chi connectivity index (χ3n) is 5.67. The summed E-state index contributed by atoms with van der Waals surface area (Å²) in [6, 6.07) is 13.6. The maximum atomic E-state index is 13.1. The van der Waals surface area contributed by atoms with Gasteiger partial charge in [0, 0.05) is 34.9 Å². The third-order valence-corrected chi connectivity index (χ3v) is 5.93. The number of nitrogens with zero attached hydrogens (tertiary/aromatic N) is 2. The Morgan fingerprint density at radius 3 is 2.50 bits per heavy atom. The van der Waals surface area contributed by atoms with Gasteiger partial charge in [0.05, 0.1) is 18.7 Å². The first-order valence-corrected chi connectivity index (χ1v) is 10.4. The molecular formula is C22H25ClN4O3. The summed E-state index contributed by atoms with van der Waals surface area (Å²) in [6.45, 7) is 4.01. The molecule has 0 bridgehead atoms. The average Bonchev–Trinajstić information content (AvgIpc) is 2.69. The van der Waals surface area contributed by atoms with Crippen LogP contribution in [0, 0.1) is 0 Å². The van der Waals surface area contributed by atoms with Crippen molar-refractivity contribution in [2.45, 2.75) is 37.9 Å². The number of benzene rings is 2. The zero-order valence-electron chi connectivity index (χ0n) is 16.9. The molecule has 0 spiro atoms. The SMILES string of the molecule is CC(C)NC(=O)N1[C@@H](CO)[C@@H]2c3ccccc3N(C(=O)Nc3ccc(Cl)cc3)C[C@@H]21. The second-order valence-electron chi connectivity index (χ2n) is 7.96. The molecule has 8 heteroatoms. The number of aliphatic hydroxyl groups excluding tert-OH is 1. The van der Waals surface area contributed by atoms with E-state index in [0.29, 0.717) is 17.3 Å². The highest BCUT2D eigenvalue weighted by atomic mass is 35.5. The number of likely N-dealkylation sites (tertiary alicyclic amines) is 1. The van der Waals surface area contributed by atoms with Crippen molar-refractivity contribution in [2.75, 3.05) is 23.4 Å². The number of carbonyl (C=O) groups excluding carboxylic acids is 2. The lowest BCUT2D eigenvalue weighted by Gasteiger charge is -2.58. The second-order valence-corrected chi connectivity index (χ2v) is 8.40. The first-order valence-electron chi connectivity index (χ1n) is 10.0. The molecule has 2 heterocycles. The van der Waals surface area contributed by atoms with Gasteiger partial charge in [0.15, 0.2) is 0 Å². The van der Waals surface area contributed by atoms with E-state index in [1.165, 1.54) is 0 Å². The minimum absolute atomic E-state index is 0.0105. The monoisotopic (exact) mass is 428 g/mol. The van der Waals surface area contributed by atoms with Crippen LogP contribution in [0.5, 0.6) is 0 Å². The zero-order valence-corrected chi connectivity index (χ0v) is 17.6. The summed E-state index contributed by atoms with van der Waals surface area (Å²) in [5.41, 5.74) is 2.40. The summed E-state index contributed by atoms with van der Waals surface area (Å²) in [4.78, 5) is 29.2. The number of aliphatic hydroxyl groups is 1. The second kappa shape index (κ2) is 8.16. The first-order chi connectivity index (χ1) is 14.4. The molecule has 0 aliphatic carbocycles. The largest absolute Gasteiger partial charge is 0.394 e. The number of halogens is 1. The Labute approximate surface area is 180 Å². The molecular weight excluding hydrogens is 404 g/mol. The number of rotatable bonds is 3.